The summed E-state index contributed by atoms with van der Waals surface area (Å²) in [5.41, 5.74) is 0.261. The summed E-state index contributed by atoms with van der Waals surface area (Å²) in [6, 6.07) is 12.1. The van der Waals surface area contributed by atoms with Gasteiger partial charge in [-0.15, -0.1) is 0 Å². The molecule has 2 bridgehead atoms. The lowest BCUT2D eigenvalue weighted by molar-refractivity contribution is -0.150. The zero-order valence-corrected chi connectivity index (χ0v) is 15.2. The number of benzene rings is 1. The van der Waals surface area contributed by atoms with Gasteiger partial charge in [0.05, 0.1) is 11.0 Å². The van der Waals surface area contributed by atoms with Gasteiger partial charge in [-0.05, 0) is 37.3 Å². The molecule has 0 unspecified atom stereocenters. The number of carboxylic acid groups (broad SMARTS) is 1. The predicted octanol–water partition coefficient (Wildman–Crippen LogP) is 2.08. The summed E-state index contributed by atoms with van der Waals surface area (Å²) in [5, 5.41) is 10.1. The van der Waals surface area contributed by atoms with Crippen molar-refractivity contribution in [2.75, 3.05) is 0 Å². The molecule has 0 radical (unpaired) electrons. The van der Waals surface area contributed by atoms with Crippen molar-refractivity contribution in [1.29, 1.82) is 0 Å². The van der Waals surface area contributed by atoms with Crippen molar-refractivity contribution >= 4 is 11.9 Å². The van der Waals surface area contributed by atoms with Gasteiger partial charge in [0.2, 0.25) is 5.56 Å². The SMILES string of the molecule is Cn1cc(C(=O)N2[C@H]3CC[C@@H]2[C@](Cc2ccccc2)(C(=O)O)C3)ccc1=O. The molecule has 0 aliphatic carbocycles. The molecule has 2 aromatic rings. The number of aliphatic carboxylic acids is 1. The quantitative estimate of drug-likeness (QED) is 0.898. The Morgan fingerprint density at radius 3 is 2.56 bits per heavy atom. The maximum absolute atomic E-state index is 13.2. The number of hydrogen-bond donors (Lipinski definition) is 1. The van der Waals surface area contributed by atoms with E-state index in [-0.39, 0.29) is 23.6 Å². The van der Waals surface area contributed by atoms with Gasteiger partial charge < -0.3 is 14.6 Å². The summed E-state index contributed by atoms with van der Waals surface area (Å²) >= 11 is 0. The molecule has 2 fully saturated rings. The highest BCUT2D eigenvalue weighted by atomic mass is 16.4. The van der Waals surface area contributed by atoms with Gasteiger partial charge in [0.25, 0.3) is 5.91 Å². The number of carbonyl (C=O) groups is 2. The Morgan fingerprint density at radius 1 is 1.15 bits per heavy atom. The highest BCUT2D eigenvalue weighted by Gasteiger charge is 2.61. The van der Waals surface area contributed by atoms with E-state index < -0.39 is 11.4 Å². The van der Waals surface area contributed by atoms with Crippen LogP contribution in [0.3, 0.4) is 0 Å². The molecule has 2 saturated heterocycles. The molecule has 3 heterocycles. The average Bonchev–Trinajstić information content (AvgIpc) is 3.20. The monoisotopic (exact) mass is 366 g/mol. The lowest BCUT2D eigenvalue weighted by Crippen LogP contribution is -2.46. The van der Waals surface area contributed by atoms with Crippen LogP contribution in [0.15, 0.2) is 53.5 Å². The summed E-state index contributed by atoms with van der Waals surface area (Å²) in [7, 11) is 1.61. The number of nitrogens with zero attached hydrogens (tertiary/aromatic N) is 2. The van der Waals surface area contributed by atoms with Gasteiger partial charge in [0.1, 0.15) is 0 Å². The van der Waals surface area contributed by atoms with Crippen molar-refractivity contribution in [3.63, 3.8) is 0 Å². The minimum absolute atomic E-state index is 0.0699. The zero-order chi connectivity index (χ0) is 19.2. The van der Waals surface area contributed by atoms with E-state index in [0.29, 0.717) is 24.8 Å². The first-order chi connectivity index (χ1) is 12.9. The van der Waals surface area contributed by atoms with Gasteiger partial charge >= 0.3 is 5.97 Å². The van der Waals surface area contributed by atoms with Crippen LogP contribution in [0.2, 0.25) is 0 Å². The standard InChI is InChI=1S/C21H22N2O4/c1-22-13-15(7-10-18(22)24)19(25)23-16-8-9-17(23)21(12-16,20(26)27)11-14-5-3-2-4-6-14/h2-7,10,13,16-17H,8-9,11-12H2,1H3,(H,26,27)/t16-,17+,21+/m0/s1. The second-order valence-corrected chi connectivity index (χ2v) is 7.65. The van der Waals surface area contributed by atoms with Crippen molar-refractivity contribution in [2.24, 2.45) is 12.5 Å². The van der Waals surface area contributed by atoms with Crippen molar-refractivity contribution < 1.29 is 14.7 Å². The average molecular weight is 366 g/mol. The molecule has 1 amide bonds. The van der Waals surface area contributed by atoms with Crippen LogP contribution >= 0.6 is 0 Å². The van der Waals surface area contributed by atoms with Gasteiger partial charge in [-0.1, -0.05) is 30.3 Å². The lowest BCUT2D eigenvalue weighted by Gasteiger charge is -2.33. The van der Waals surface area contributed by atoms with E-state index in [1.165, 1.54) is 22.9 Å². The molecule has 140 valence electrons. The van der Waals surface area contributed by atoms with Crippen LogP contribution in [0.4, 0.5) is 0 Å². The number of carboxylic acids is 1. The van der Waals surface area contributed by atoms with Crippen molar-refractivity contribution in [3.05, 3.63) is 70.1 Å². The highest BCUT2D eigenvalue weighted by molar-refractivity contribution is 5.95. The summed E-state index contributed by atoms with van der Waals surface area (Å²) in [6.45, 7) is 0. The number of aryl methyl sites for hydroxylation is 1. The van der Waals surface area contributed by atoms with Crippen LogP contribution in [0.25, 0.3) is 0 Å². The summed E-state index contributed by atoms with van der Waals surface area (Å²) in [6.07, 6.45) is 3.94. The molecule has 2 aliphatic heterocycles. The fourth-order valence-electron chi connectivity index (χ4n) is 4.81. The first kappa shape index (κ1) is 17.5. The minimum Gasteiger partial charge on any atom is -0.481 e. The molecule has 0 spiro atoms. The van der Waals surface area contributed by atoms with Gasteiger partial charge in [0, 0.05) is 31.4 Å². The summed E-state index contributed by atoms with van der Waals surface area (Å²) < 4.78 is 1.37. The second-order valence-electron chi connectivity index (χ2n) is 7.65. The molecule has 1 N–H and O–H groups in total. The van der Waals surface area contributed by atoms with Crippen LogP contribution < -0.4 is 5.56 Å². The Bertz CT molecular complexity index is 952. The smallest absolute Gasteiger partial charge is 0.312 e. The van der Waals surface area contributed by atoms with Crippen LogP contribution in [0.5, 0.6) is 0 Å². The molecule has 6 nitrogen and oxygen atoms in total. The topological polar surface area (TPSA) is 79.6 Å². The number of amides is 1. The van der Waals surface area contributed by atoms with E-state index in [1.807, 2.05) is 30.3 Å². The Kier molecular flexibility index (Phi) is 4.13. The lowest BCUT2D eigenvalue weighted by atomic mass is 9.70. The van der Waals surface area contributed by atoms with Crippen LogP contribution in [-0.2, 0) is 18.3 Å². The van der Waals surface area contributed by atoms with Gasteiger partial charge in [-0.25, -0.2) is 0 Å². The van der Waals surface area contributed by atoms with Gasteiger partial charge in [-0.3, -0.25) is 14.4 Å². The van der Waals surface area contributed by atoms with Crippen molar-refractivity contribution in [3.8, 4) is 0 Å². The second kappa shape index (κ2) is 6.37. The molecule has 2 aliphatic rings. The molecular formula is C21H22N2O4. The van der Waals surface area contributed by atoms with Gasteiger partial charge in [-0.2, -0.15) is 0 Å². The molecular weight excluding hydrogens is 344 g/mol. The predicted molar refractivity (Wildman–Crippen MR) is 99.5 cm³/mol. The van der Waals surface area contributed by atoms with E-state index in [9.17, 15) is 19.5 Å². The molecule has 1 aromatic carbocycles. The van der Waals surface area contributed by atoms with Crippen molar-refractivity contribution in [1.82, 2.24) is 9.47 Å². The number of rotatable bonds is 4. The molecule has 6 heteroatoms. The number of hydrogen-bond acceptors (Lipinski definition) is 3. The minimum atomic E-state index is -0.958. The third-order valence-corrected chi connectivity index (χ3v) is 6.10. The fourth-order valence-corrected chi connectivity index (χ4v) is 4.81. The first-order valence-electron chi connectivity index (χ1n) is 9.19. The van der Waals surface area contributed by atoms with E-state index in [1.54, 1.807) is 11.9 Å². The molecule has 3 atom stereocenters. The molecule has 27 heavy (non-hydrogen) atoms. The maximum atomic E-state index is 13.2. The van der Waals surface area contributed by atoms with Crippen LogP contribution in [0, 0.1) is 5.41 Å². The first-order valence-corrected chi connectivity index (χ1v) is 9.19. The Balaban J connectivity index is 1.68. The molecule has 0 saturated carbocycles. The normalized spacial score (nSPS) is 26.3. The summed E-state index contributed by atoms with van der Waals surface area (Å²) in [4.78, 5) is 38.9. The summed E-state index contributed by atoms with van der Waals surface area (Å²) in [5.74, 6) is -1.02. The largest absolute Gasteiger partial charge is 0.481 e. The fraction of sp³-hybridized carbons (Fsp3) is 0.381. The number of carbonyl (C=O) groups excluding carboxylic acids is 1. The van der Waals surface area contributed by atoms with E-state index in [2.05, 4.69) is 0 Å². The Hall–Kier alpha value is -2.89. The third kappa shape index (κ3) is 2.76. The van der Waals surface area contributed by atoms with Gasteiger partial charge in [0.15, 0.2) is 0 Å². The van der Waals surface area contributed by atoms with E-state index in [4.69, 9.17) is 0 Å². The zero-order valence-electron chi connectivity index (χ0n) is 15.2. The third-order valence-electron chi connectivity index (χ3n) is 6.10. The van der Waals surface area contributed by atoms with Crippen molar-refractivity contribution in [2.45, 2.75) is 37.8 Å². The number of fused-ring (bicyclic) bond motifs is 2. The number of pyridine rings is 1. The highest BCUT2D eigenvalue weighted by Crippen LogP contribution is 2.52. The Morgan fingerprint density at radius 2 is 1.89 bits per heavy atom. The Labute approximate surface area is 157 Å². The number of aromatic nitrogens is 1. The molecule has 4 rings (SSSR count). The van der Waals surface area contributed by atoms with E-state index in [0.717, 1.165) is 12.0 Å². The van der Waals surface area contributed by atoms with Crippen LogP contribution in [0.1, 0.15) is 35.2 Å². The van der Waals surface area contributed by atoms with Crippen LogP contribution in [-0.4, -0.2) is 38.5 Å². The van der Waals surface area contributed by atoms with E-state index >= 15 is 0 Å². The maximum Gasteiger partial charge on any atom is 0.312 e. The molecule has 1 aromatic heterocycles.